The van der Waals surface area contributed by atoms with Crippen molar-refractivity contribution in [2.24, 2.45) is 0 Å². The average Bonchev–Trinajstić information content (AvgIpc) is 2.64. The number of ether oxygens (including phenoxy) is 5. The maximum absolute atomic E-state index is 11.2. The first-order chi connectivity index (χ1) is 12.9. The van der Waals surface area contributed by atoms with E-state index in [2.05, 4.69) is 13.2 Å². The summed E-state index contributed by atoms with van der Waals surface area (Å²) >= 11 is 0. The second-order valence-electron chi connectivity index (χ2n) is 5.62. The molecule has 1 rings (SSSR count). The summed E-state index contributed by atoms with van der Waals surface area (Å²) in [6, 6.07) is 7.10. The van der Waals surface area contributed by atoms with Gasteiger partial charge in [0, 0.05) is 17.2 Å². The lowest BCUT2D eigenvalue weighted by Crippen LogP contribution is -2.14. The van der Waals surface area contributed by atoms with E-state index < -0.39 is 11.9 Å². The fraction of sp³-hybridized carbons (Fsp3) is 0.400. The highest BCUT2D eigenvalue weighted by Gasteiger charge is 2.04. The smallest absolute Gasteiger partial charge is 0.333 e. The van der Waals surface area contributed by atoms with Crippen LogP contribution in [-0.2, 0) is 23.8 Å². The van der Waals surface area contributed by atoms with E-state index in [0.29, 0.717) is 35.9 Å². The number of hydrogen-bond donors (Lipinski definition) is 0. The van der Waals surface area contributed by atoms with E-state index in [-0.39, 0.29) is 26.4 Å². The van der Waals surface area contributed by atoms with Crippen LogP contribution in [0.5, 0.6) is 11.5 Å². The van der Waals surface area contributed by atoms with Crippen LogP contribution in [0.3, 0.4) is 0 Å². The van der Waals surface area contributed by atoms with Crippen molar-refractivity contribution in [2.45, 2.75) is 13.8 Å². The van der Waals surface area contributed by atoms with E-state index in [1.807, 2.05) is 0 Å². The minimum atomic E-state index is -0.440. The molecule has 0 bridgehead atoms. The van der Waals surface area contributed by atoms with Gasteiger partial charge in [0.15, 0.2) is 0 Å². The monoisotopic (exact) mass is 378 g/mol. The zero-order valence-corrected chi connectivity index (χ0v) is 15.8. The molecule has 0 N–H and O–H groups in total. The molecule has 7 heteroatoms. The molecule has 0 amide bonds. The third kappa shape index (κ3) is 10.1. The van der Waals surface area contributed by atoms with Crippen molar-refractivity contribution < 1.29 is 33.3 Å². The SMILES string of the molecule is C=C(C)C(=O)OCCOCCOc1cccc(OCCOC(=O)C(=C)C)c1. The number of carbonyl (C=O) groups is 2. The summed E-state index contributed by atoms with van der Waals surface area (Å²) in [5.74, 6) is 0.362. The summed E-state index contributed by atoms with van der Waals surface area (Å²) < 4.78 is 26.2. The first-order valence-electron chi connectivity index (χ1n) is 8.49. The summed E-state index contributed by atoms with van der Waals surface area (Å²) in [5, 5.41) is 0. The second-order valence-corrected chi connectivity index (χ2v) is 5.62. The summed E-state index contributed by atoms with van der Waals surface area (Å²) in [6.45, 7) is 11.7. The highest BCUT2D eigenvalue weighted by atomic mass is 16.6. The summed E-state index contributed by atoms with van der Waals surface area (Å²) in [6.07, 6.45) is 0. The average molecular weight is 378 g/mol. The Morgan fingerprint density at radius 3 is 1.74 bits per heavy atom. The van der Waals surface area contributed by atoms with E-state index >= 15 is 0 Å². The first-order valence-corrected chi connectivity index (χ1v) is 8.49. The molecule has 1 aromatic carbocycles. The van der Waals surface area contributed by atoms with Gasteiger partial charge in [0.25, 0.3) is 0 Å². The normalized spacial score (nSPS) is 10.0. The highest BCUT2D eigenvalue weighted by molar-refractivity contribution is 5.87. The zero-order valence-electron chi connectivity index (χ0n) is 15.8. The van der Waals surface area contributed by atoms with Crippen LogP contribution in [-0.4, -0.2) is 51.6 Å². The molecule has 0 fully saturated rings. The molecule has 0 saturated carbocycles. The van der Waals surface area contributed by atoms with Gasteiger partial charge in [0.2, 0.25) is 0 Å². The quantitative estimate of drug-likeness (QED) is 0.297. The lowest BCUT2D eigenvalue weighted by Gasteiger charge is -2.10. The van der Waals surface area contributed by atoms with Gasteiger partial charge >= 0.3 is 11.9 Å². The van der Waals surface area contributed by atoms with Crippen molar-refractivity contribution in [3.05, 3.63) is 48.6 Å². The van der Waals surface area contributed by atoms with Crippen LogP contribution in [0, 0.1) is 0 Å². The number of esters is 2. The molecule has 148 valence electrons. The molecule has 0 atom stereocenters. The molecular weight excluding hydrogens is 352 g/mol. The molecule has 0 heterocycles. The third-order valence-corrected chi connectivity index (χ3v) is 3.04. The summed E-state index contributed by atoms with van der Waals surface area (Å²) in [4.78, 5) is 22.4. The lowest BCUT2D eigenvalue weighted by atomic mass is 10.3. The van der Waals surface area contributed by atoms with Crippen LogP contribution in [0.1, 0.15) is 13.8 Å². The number of carbonyl (C=O) groups excluding carboxylic acids is 2. The van der Waals surface area contributed by atoms with Gasteiger partial charge in [-0.25, -0.2) is 9.59 Å². The standard InChI is InChI=1S/C20H26O7/c1-15(2)19(21)26-11-9-23-8-10-24-17-6-5-7-18(14-17)25-12-13-27-20(22)16(3)4/h5-7,14H,1,3,8-13H2,2,4H3. The first kappa shape index (κ1) is 22.2. The van der Waals surface area contributed by atoms with E-state index in [1.165, 1.54) is 0 Å². The van der Waals surface area contributed by atoms with Crippen molar-refractivity contribution in [3.8, 4) is 11.5 Å². The molecule has 0 aliphatic heterocycles. The minimum Gasteiger partial charge on any atom is -0.491 e. The largest absolute Gasteiger partial charge is 0.491 e. The summed E-state index contributed by atoms with van der Waals surface area (Å²) in [7, 11) is 0. The Hall–Kier alpha value is -2.80. The molecule has 0 unspecified atom stereocenters. The van der Waals surface area contributed by atoms with Crippen molar-refractivity contribution in [3.63, 3.8) is 0 Å². The Labute approximate surface area is 159 Å². The Balaban J connectivity index is 2.17. The van der Waals surface area contributed by atoms with Crippen LogP contribution >= 0.6 is 0 Å². The van der Waals surface area contributed by atoms with Gasteiger partial charge in [-0.2, -0.15) is 0 Å². The van der Waals surface area contributed by atoms with Gasteiger partial charge in [-0.1, -0.05) is 19.2 Å². The fourth-order valence-corrected chi connectivity index (χ4v) is 1.71. The van der Waals surface area contributed by atoms with Crippen molar-refractivity contribution >= 4 is 11.9 Å². The zero-order chi connectivity index (χ0) is 20.1. The summed E-state index contributed by atoms with van der Waals surface area (Å²) in [5.41, 5.74) is 0.705. The number of benzene rings is 1. The van der Waals surface area contributed by atoms with Crippen LogP contribution < -0.4 is 9.47 Å². The Morgan fingerprint density at radius 1 is 0.778 bits per heavy atom. The third-order valence-electron chi connectivity index (χ3n) is 3.04. The maximum atomic E-state index is 11.2. The number of rotatable bonds is 13. The van der Waals surface area contributed by atoms with Crippen molar-refractivity contribution in [2.75, 3.05) is 39.6 Å². The predicted molar refractivity (Wildman–Crippen MR) is 99.8 cm³/mol. The molecule has 7 nitrogen and oxygen atoms in total. The van der Waals surface area contributed by atoms with Crippen LogP contribution in [0.4, 0.5) is 0 Å². The molecule has 0 aliphatic carbocycles. The fourth-order valence-electron chi connectivity index (χ4n) is 1.71. The Kier molecular flexibility index (Phi) is 10.3. The van der Waals surface area contributed by atoms with Crippen LogP contribution in [0.15, 0.2) is 48.6 Å². The van der Waals surface area contributed by atoms with Gasteiger partial charge < -0.3 is 23.7 Å². The molecule has 0 aromatic heterocycles. The van der Waals surface area contributed by atoms with Gasteiger partial charge in [-0.15, -0.1) is 0 Å². The molecule has 27 heavy (non-hydrogen) atoms. The molecule has 1 aromatic rings. The van der Waals surface area contributed by atoms with Crippen molar-refractivity contribution in [1.29, 1.82) is 0 Å². The molecule has 0 saturated heterocycles. The molecule has 0 spiro atoms. The highest BCUT2D eigenvalue weighted by Crippen LogP contribution is 2.19. The van der Waals surface area contributed by atoms with E-state index in [0.717, 1.165) is 0 Å². The molecular formula is C20H26O7. The van der Waals surface area contributed by atoms with E-state index in [9.17, 15) is 9.59 Å². The molecule has 0 radical (unpaired) electrons. The van der Waals surface area contributed by atoms with Gasteiger partial charge in [0.1, 0.15) is 37.9 Å². The molecule has 0 aliphatic rings. The Morgan fingerprint density at radius 2 is 1.22 bits per heavy atom. The van der Waals surface area contributed by atoms with Crippen LogP contribution in [0.2, 0.25) is 0 Å². The van der Waals surface area contributed by atoms with Gasteiger partial charge in [-0.3, -0.25) is 0 Å². The van der Waals surface area contributed by atoms with Gasteiger partial charge in [0.05, 0.1) is 13.2 Å². The van der Waals surface area contributed by atoms with E-state index in [4.69, 9.17) is 23.7 Å². The van der Waals surface area contributed by atoms with Crippen molar-refractivity contribution in [1.82, 2.24) is 0 Å². The maximum Gasteiger partial charge on any atom is 0.333 e. The Bertz CT molecular complexity index is 651. The predicted octanol–water partition coefficient (Wildman–Crippen LogP) is 2.70. The van der Waals surface area contributed by atoms with E-state index in [1.54, 1.807) is 38.1 Å². The van der Waals surface area contributed by atoms with Gasteiger partial charge in [-0.05, 0) is 26.0 Å². The lowest BCUT2D eigenvalue weighted by molar-refractivity contribution is -0.141. The number of hydrogen-bond acceptors (Lipinski definition) is 7. The second kappa shape index (κ2) is 12.5. The van der Waals surface area contributed by atoms with Crippen LogP contribution in [0.25, 0.3) is 0 Å². The minimum absolute atomic E-state index is 0.139. The topological polar surface area (TPSA) is 80.3 Å².